The van der Waals surface area contributed by atoms with Crippen LogP contribution in [0.4, 0.5) is 0 Å². The van der Waals surface area contributed by atoms with Crippen molar-refractivity contribution >= 4 is 5.76 Å². The Morgan fingerprint density at radius 1 is 1.00 bits per heavy atom. The molecule has 0 aliphatic heterocycles. The van der Waals surface area contributed by atoms with Crippen LogP contribution in [0.1, 0.15) is 17.5 Å². The Morgan fingerprint density at radius 2 is 1.75 bits per heavy atom. The Kier molecular flexibility index (Phi) is 1.54. The van der Waals surface area contributed by atoms with E-state index in [0.29, 0.717) is 6.42 Å². The lowest BCUT2D eigenvalue weighted by atomic mass is 9.95. The van der Waals surface area contributed by atoms with E-state index in [2.05, 4.69) is 0 Å². The average Bonchev–Trinajstić information content (AvgIpc) is 2.12. The monoisotopic (exact) mass is 162 g/mol. The minimum absolute atomic E-state index is 0.0388. The van der Waals surface area contributed by atoms with Crippen LogP contribution in [-0.2, 0) is 6.42 Å². The van der Waals surface area contributed by atoms with Crippen molar-refractivity contribution in [3.05, 3.63) is 41.2 Å². The van der Waals surface area contributed by atoms with Crippen molar-refractivity contribution in [1.29, 1.82) is 0 Å². The standard InChI is InChI=1S/C10H10O2/c11-9-6-5-7-3-1-2-4-8(7)10(9)12/h1-4,11-12H,5-6H2. The van der Waals surface area contributed by atoms with Gasteiger partial charge in [0.15, 0.2) is 5.76 Å². The van der Waals surface area contributed by atoms with E-state index in [4.69, 9.17) is 0 Å². The fraction of sp³-hybridized carbons (Fsp3) is 0.200. The van der Waals surface area contributed by atoms with Gasteiger partial charge in [-0.25, -0.2) is 0 Å². The lowest BCUT2D eigenvalue weighted by molar-refractivity contribution is 0.356. The molecular weight excluding hydrogens is 152 g/mol. The van der Waals surface area contributed by atoms with E-state index in [0.717, 1.165) is 17.5 Å². The molecule has 0 atom stereocenters. The Morgan fingerprint density at radius 3 is 2.58 bits per heavy atom. The summed E-state index contributed by atoms with van der Waals surface area (Å²) in [6.07, 6.45) is 1.36. The maximum atomic E-state index is 9.46. The minimum Gasteiger partial charge on any atom is -0.508 e. The summed E-state index contributed by atoms with van der Waals surface area (Å²) < 4.78 is 0. The second kappa shape index (κ2) is 2.55. The first-order chi connectivity index (χ1) is 5.79. The van der Waals surface area contributed by atoms with E-state index in [1.165, 1.54) is 0 Å². The van der Waals surface area contributed by atoms with E-state index >= 15 is 0 Å². The first-order valence-corrected chi connectivity index (χ1v) is 3.98. The molecule has 62 valence electrons. The smallest absolute Gasteiger partial charge is 0.160 e. The molecule has 1 aliphatic carbocycles. The number of hydrogen-bond donors (Lipinski definition) is 2. The van der Waals surface area contributed by atoms with Gasteiger partial charge in [0.25, 0.3) is 0 Å². The summed E-state index contributed by atoms with van der Waals surface area (Å²) in [4.78, 5) is 0. The van der Waals surface area contributed by atoms with Crippen LogP contribution < -0.4 is 0 Å². The van der Waals surface area contributed by atoms with E-state index in [1.807, 2.05) is 24.3 Å². The minimum atomic E-state index is 0.0388. The molecule has 2 nitrogen and oxygen atoms in total. The van der Waals surface area contributed by atoms with Gasteiger partial charge in [-0.1, -0.05) is 24.3 Å². The lowest BCUT2D eigenvalue weighted by Gasteiger charge is -2.15. The summed E-state index contributed by atoms with van der Waals surface area (Å²) in [6, 6.07) is 7.58. The summed E-state index contributed by atoms with van der Waals surface area (Å²) in [7, 11) is 0. The van der Waals surface area contributed by atoms with Gasteiger partial charge in [0.05, 0.1) is 0 Å². The van der Waals surface area contributed by atoms with Crippen LogP contribution in [0.3, 0.4) is 0 Å². The number of aliphatic hydroxyl groups is 2. The fourth-order valence-electron chi connectivity index (χ4n) is 1.50. The highest BCUT2D eigenvalue weighted by molar-refractivity contribution is 5.65. The number of hydrogen-bond acceptors (Lipinski definition) is 2. The van der Waals surface area contributed by atoms with Crippen molar-refractivity contribution in [3.63, 3.8) is 0 Å². The highest BCUT2D eigenvalue weighted by Gasteiger charge is 2.16. The summed E-state index contributed by atoms with van der Waals surface area (Å²) >= 11 is 0. The molecule has 0 heterocycles. The van der Waals surface area contributed by atoms with Crippen LogP contribution in [0.25, 0.3) is 5.76 Å². The quantitative estimate of drug-likeness (QED) is 0.615. The molecule has 12 heavy (non-hydrogen) atoms. The SMILES string of the molecule is OC1=C(O)c2ccccc2CC1. The molecule has 2 rings (SSSR count). The van der Waals surface area contributed by atoms with Gasteiger partial charge in [0, 0.05) is 12.0 Å². The van der Waals surface area contributed by atoms with Crippen molar-refractivity contribution in [2.24, 2.45) is 0 Å². The second-order valence-electron chi connectivity index (χ2n) is 2.95. The van der Waals surface area contributed by atoms with E-state index in [1.54, 1.807) is 0 Å². The molecule has 0 saturated carbocycles. The summed E-state index contributed by atoms with van der Waals surface area (Å²) in [6.45, 7) is 0. The molecule has 1 aromatic rings. The van der Waals surface area contributed by atoms with Gasteiger partial charge in [0.2, 0.25) is 0 Å². The third-order valence-corrected chi connectivity index (χ3v) is 2.18. The third-order valence-electron chi connectivity index (χ3n) is 2.18. The molecule has 1 aromatic carbocycles. The van der Waals surface area contributed by atoms with Gasteiger partial charge in [-0.3, -0.25) is 0 Å². The van der Waals surface area contributed by atoms with Crippen molar-refractivity contribution in [2.75, 3.05) is 0 Å². The van der Waals surface area contributed by atoms with Crippen molar-refractivity contribution in [3.8, 4) is 0 Å². The largest absolute Gasteiger partial charge is 0.508 e. The number of benzene rings is 1. The Bertz CT molecular complexity index is 339. The molecule has 0 fully saturated rings. The zero-order chi connectivity index (χ0) is 8.55. The molecule has 0 bridgehead atoms. The molecule has 1 aliphatic rings. The van der Waals surface area contributed by atoms with Gasteiger partial charge in [0.1, 0.15) is 5.76 Å². The number of fused-ring (bicyclic) bond motifs is 1. The molecule has 0 aromatic heterocycles. The normalized spacial score (nSPS) is 16.0. The second-order valence-corrected chi connectivity index (χ2v) is 2.95. The average molecular weight is 162 g/mol. The number of aliphatic hydroxyl groups excluding tert-OH is 2. The summed E-state index contributed by atoms with van der Waals surface area (Å²) in [5.41, 5.74) is 1.87. The molecule has 0 spiro atoms. The maximum Gasteiger partial charge on any atom is 0.160 e. The zero-order valence-electron chi connectivity index (χ0n) is 6.62. The topological polar surface area (TPSA) is 40.5 Å². The number of aryl methyl sites for hydroxylation is 1. The van der Waals surface area contributed by atoms with E-state index in [9.17, 15) is 10.2 Å². The van der Waals surface area contributed by atoms with Crippen molar-refractivity contribution in [2.45, 2.75) is 12.8 Å². The maximum absolute atomic E-state index is 9.46. The predicted molar refractivity (Wildman–Crippen MR) is 46.9 cm³/mol. The van der Waals surface area contributed by atoms with Gasteiger partial charge in [-0.15, -0.1) is 0 Å². The van der Waals surface area contributed by atoms with Crippen molar-refractivity contribution in [1.82, 2.24) is 0 Å². The molecule has 0 amide bonds. The van der Waals surface area contributed by atoms with Crippen LogP contribution in [0, 0.1) is 0 Å². The number of allylic oxidation sites excluding steroid dienone is 1. The molecule has 0 saturated heterocycles. The van der Waals surface area contributed by atoms with E-state index in [-0.39, 0.29) is 11.5 Å². The molecule has 0 radical (unpaired) electrons. The Balaban J connectivity index is 2.59. The van der Waals surface area contributed by atoms with Crippen LogP contribution in [0.2, 0.25) is 0 Å². The van der Waals surface area contributed by atoms with Gasteiger partial charge >= 0.3 is 0 Å². The fourth-order valence-corrected chi connectivity index (χ4v) is 1.50. The highest BCUT2D eigenvalue weighted by Crippen LogP contribution is 2.27. The third kappa shape index (κ3) is 0.961. The zero-order valence-corrected chi connectivity index (χ0v) is 6.62. The van der Waals surface area contributed by atoms with Gasteiger partial charge in [-0.2, -0.15) is 0 Å². The van der Waals surface area contributed by atoms with Crippen LogP contribution in [0.5, 0.6) is 0 Å². The summed E-state index contributed by atoms with van der Waals surface area (Å²) in [5.74, 6) is 0.144. The number of rotatable bonds is 0. The van der Waals surface area contributed by atoms with Crippen LogP contribution in [-0.4, -0.2) is 10.2 Å². The first-order valence-electron chi connectivity index (χ1n) is 3.98. The first kappa shape index (κ1) is 7.22. The van der Waals surface area contributed by atoms with E-state index < -0.39 is 0 Å². The van der Waals surface area contributed by atoms with Crippen LogP contribution in [0.15, 0.2) is 30.0 Å². The molecule has 2 N–H and O–H groups in total. The molecular formula is C10H10O2. The molecule has 0 unspecified atom stereocenters. The summed E-state index contributed by atoms with van der Waals surface area (Å²) in [5, 5.41) is 18.7. The van der Waals surface area contributed by atoms with Crippen LogP contribution >= 0.6 is 0 Å². The van der Waals surface area contributed by atoms with Gasteiger partial charge < -0.3 is 10.2 Å². The predicted octanol–water partition coefficient (Wildman–Crippen LogP) is 2.42. The highest BCUT2D eigenvalue weighted by atomic mass is 16.3. The van der Waals surface area contributed by atoms with Crippen molar-refractivity contribution < 1.29 is 10.2 Å². The lowest BCUT2D eigenvalue weighted by Crippen LogP contribution is -2.03. The van der Waals surface area contributed by atoms with Gasteiger partial charge in [-0.05, 0) is 12.0 Å². The Labute approximate surface area is 70.8 Å². The Hall–Kier alpha value is -1.44. The molecule has 2 heteroatoms.